The van der Waals surface area contributed by atoms with E-state index >= 15 is 0 Å². The summed E-state index contributed by atoms with van der Waals surface area (Å²) in [5.74, 6) is 1.94. The lowest BCUT2D eigenvalue weighted by Gasteiger charge is -2.36. The first-order valence-corrected chi connectivity index (χ1v) is 15.5. The van der Waals surface area contributed by atoms with E-state index in [1.54, 1.807) is 11.0 Å². The fourth-order valence-corrected chi connectivity index (χ4v) is 6.51. The van der Waals surface area contributed by atoms with Crippen LogP contribution in [-0.4, -0.2) is 89.1 Å². The number of piperazine rings is 1. The highest BCUT2D eigenvalue weighted by Crippen LogP contribution is 2.47. The van der Waals surface area contributed by atoms with Crippen molar-refractivity contribution >= 4 is 33.3 Å². The molecule has 2 aliphatic heterocycles. The van der Waals surface area contributed by atoms with Crippen molar-refractivity contribution in [2.45, 2.75) is 48.5 Å². The Kier molecular flexibility index (Phi) is 6.74. The van der Waals surface area contributed by atoms with Gasteiger partial charge in [0.15, 0.2) is 9.84 Å². The van der Waals surface area contributed by atoms with Gasteiger partial charge in [-0.15, -0.1) is 0 Å². The van der Waals surface area contributed by atoms with Crippen molar-refractivity contribution in [3.63, 3.8) is 0 Å². The topological polar surface area (TPSA) is 109 Å². The third kappa shape index (κ3) is 5.21. The predicted molar refractivity (Wildman–Crippen MR) is 145 cm³/mol. The molecule has 2 saturated heterocycles. The highest BCUT2D eigenvalue weighted by Gasteiger charge is 2.37. The van der Waals surface area contributed by atoms with Gasteiger partial charge in [0, 0.05) is 51.4 Å². The number of hydrogen-bond acceptors (Lipinski definition) is 8. The van der Waals surface area contributed by atoms with Gasteiger partial charge < -0.3 is 19.3 Å². The molecule has 4 fully saturated rings. The molecule has 2 aromatic rings. The van der Waals surface area contributed by atoms with E-state index in [4.69, 9.17) is 14.5 Å². The van der Waals surface area contributed by atoms with Gasteiger partial charge in [0.1, 0.15) is 12.4 Å². The maximum Gasteiger partial charge on any atom is 0.414 e. The number of cyclic esters (lactones) is 1. The number of carbonyl (C=O) groups is 2. The van der Waals surface area contributed by atoms with E-state index in [1.165, 1.54) is 61.0 Å². The fraction of sp³-hybridized carbons (Fsp3) is 0.536. The molecule has 2 saturated carbocycles. The van der Waals surface area contributed by atoms with Gasteiger partial charge in [-0.25, -0.2) is 18.2 Å². The van der Waals surface area contributed by atoms with Gasteiger partial charge in [0.2, 0.25) is 0 Å². The number of hydrogen-bond donors (Lipinski definition) is 0. The number of pyridine rings is 1. The molecule has 2 aliphatic carbocycles. The number of anilines is 2. The lowest BCUT2D eigenvalue weighted by Crippen LogP contribution is -2.49. The minimum atomic E-state index is -3.76. The standard InChI is InChI=1S/C28H34N4O6S/c1-37-16-22-17-38-28(34)32(22)21-7-8-23(25(14-21)39(2,35)36)27(33)31-11-9-30(10-12-31)26-24(19-5-6-19)13-20(15-29-26)18-3-4-18/h7-8,13-15,18-19,22H,3-6,9-12,16-17H2,1-2H3. The van der Waals surface area contributed by atoms with Crippen LogP contribution in [0.1, 0.15) is 59.0 Å². The molecular weight excluding hydrogens is 520 g/mol. The first-order chi connectivity index (χ1) is 18.7. The van der Waals surface area contributed by atoms with Gasteiger partial charge in [0.25, 0.3) is 5.91 Å². The number of carbonyl (C=O) groups excluding carboxylic acids is 2. The number of amides is 2. The van der Waals surface area contributed by atoms with Crippen LogP contribution < -0.4 is 9.80 Å². The van der Waals surface area contributed by atoms with E-state index in [1.807, 2.05) is 6.20 Å². The maximum atomic E-state index is 13.6. The fourth-order valence-electron chi connectivity index (χ4n) is 5.62. The van der Waals surface area contributed by atoms with E-state index in [9.17, 15) is 18.0 Å². The first-order valence-electron chi connectivity index (χ1n) is 13.6. The second-order valence-corrected chi connectivity index (χ2v) is 13.0. The number of aromatic nitrogens is 1. The van der Waals surface area contributed by atoms with Crippen molar-refractivity contribution in [1.82, 2.24) is 9.88 Å². The number of ether oxygens (including phenoxy) is 2. The van der Waals surface area contributed by atoms with Gasteiger partial charge >= 0.3 is 6.09 Å². The molecule has 0 N–H and O–H groups in total. The second kappa shape index (κ2) is 10.1. The van der Waals surface area contributed by atoms with Crippen LogP contribution in [0, 0.1) is 0 Å². The molecule has 39 heavy (non-hydrogen) atoms. The molecule has 1 atom stereocenters. The average Bonchev–Trinajstić information content (AvgIpc) is 3.86. The molecule has 4 aliphatic rings. The minimum absolute atomic E-state index is 0.100. The zero-order valence-corrected chi connectivity index (χ0v) is 23.2. The average molecular weight is 555 g/mol. The molecule has 0 radical (unpaired) electrons. The van der Waals surface area contributed by atoms with E-state index in [0.29, 0.717) is 43.7 Å². The molecule has 1 aromatic carbocycles. The summed E-state index contributed by atoms with van der Waals surface area (Å²) >= 11 is 0. The number of benzene rings is 1. The summed E-state index contributed by atoms with van der Waals surface area (Å²) in [6.45, 7) is 2.58. The third-order valence-corrected chi connectivity index (χ3v) is 9.18. The summed E-state index contributed by atoms with van der Waals surface area (Å²) in [4.78, 5) is 36.1. The molecule has 1 aromatic heterocycles. The second-order valence-electron chi connectivity index (χ2n) is 11.0. The van der Waals surface area contributed by atoms with Crippen LogP contribution in [-0.2, 0) is 19.3 Å². The van der Waals surface area contributed by atoms with Crippen LogP contribution in [0.15, 0.2) is 35.4 Å². The molecule has 11 heteroatoms. The summed E-state index contributed by atoms with van der Waals surface area (Å²) in [5.41, 5.74) is 3.15. The normalized spacial score (nSPS) is 21.8. The largest absolute Gasteiger partial charge is 0.447 e. The SMILES string of the molecule is COCC1COC(=O)N1c1ccc(C(=O)N2CCN(c3ncc(C4CC4)cc3C3CC3)CC2)c(S(C)(=O)=O)c1. The Morgan fingerprint density at radius 1 is 1.08 bits per heavy atom. The molecule has 10 nitrogen and oxygen atoms in total. The smallest absolute Gasteiger partial charge is 0.414 e. The Balaban J connectivity index is 1.20. The van der Waals surface area contributed by atoms with Crippen molar-refractivity contribution < 1.29 is 27.5 Å². The van der Waals surface area contributed by atoms with Crippen molar-refractivity contribution in [3.05, 3.63) is 47.2 Å². The van der Waals surface area contributed by atoms with Gasteiger partial charge in [-0.1, -0.05) is 6.07 Å². The Labute approximate surface area is 228 Å². The Morgan fingerprint density at radius 3 is 2.44 bits per heavy atom. The van der Waals surface area contributed by atoms with Gasteiger partial charge in [-0.2, -0.15) is 0 Å². The minimum Gasteiger partial charge on any atom is -0.447 e. The number of methoxy groups -OCH3 is 1. The van der Waals surface area contributed by atoms with E-state index in [-0.39, 0.29) is 35.6 Å². The van der Waals surface area contributed by atoms with Gasteiger partial charge in [0.05, 0.1) is 23.1 Å². The van der Waals surface area contributed by atoms with Crippen LogP contribution in [0.5, 0.6) is 0 Å². The molecule has 6 rings (SSSR count). The van der Waals surface area contributed by atoms with E-state index in [0.717, 1.165) is 12.1 Å². The number of rotatable bonds is 8. The van der Waals surface area contributed by atoms with Crippen molar-refractivity contribution in [3.8, 4) is 0 Å². The molecule has 0 spiro atoms. The van der Waals surface area contributed by atoms with Crippen LogP contribution in [0.25, 0.3) is 0 Å². The quantitative estimate of drug-likeness (QED) is 0.490. The highest BCUT2D eigenvalue weighted by molar-refractivity contribution is 7.90. The summed E-state index contributed by atoms with van der Waals surface area (Å²) in [7, 11) is -2.24. The monoisotopic (exact) mass is 554 g/mol. The Bertz CT molecular complexity index is 1400. The van der Waals surface area contributed by atoms with Crippen LogP contribution in [0.4, 0.5) is 16.3 Å². The first kappa shape index (κ1) is 26.1. The molecule has 1 unspecified atom stereocenters. The summed E-state index contributed by atoms with van der Waals surface area (Å²) in [6, 6.07) is 6.46. The summed E-state index contributed by atoms with van der Waals surface area (Å²) < 4.78 is 35.9. The molecule has 2 amide bonds. The number of sulfone groups is 1. The molecule has 0 bridgehead atoms. The lowest BCUT2D eigenvalue weighted by atomic mass is 10.1. The summed E-state index contributed by atoms with van der Waals surface area (Å²) in [5, 5.41) is 0. The van der Waals surface area contributed by atoms with E-state index in [2.05, 4.69) is 11.0 Å². The Morgan fingerprint density at radius 2 is 1.79 bits per heavy atom. The third-order valence-electron chi connectivity index (χ3n) is 8.04. The van der Waals surface area contributed by atoms with Gasteiger partial charge in [-0.3, -0.25) is 9.69 Å². The predicted octanol–water partition coefficient (Wildman–Crippen LogP) is 3.17. The van der Waals surface area contributed by atoms with Crippen LogP contribution in [0.3, 0.4) is 0 Å². The maximum absolute atomic E-state index is 13.6. The van der Waals surface area contributed by atoms with E-state index < -0.39 is 15.9 Å². The van der Waals surface area contributed by atoms with Crippen molar-refractivity contribution in [2.24, 2.45) is 0 Å². The van der Waals surface area contributed by atoms with Crippen molar-refractivity contribution in [2.75, 3.05) is 62.6 Å². The lowest BCUT2D eigenvalue weighted by molar-refractivity contribution is 0.0742. The number of nitrogens with zero attached hydrogens (tertiary/aromatic N) is 4. The zero-order chi connectivity index (χ0) is 27.3. The van der Waals surface area contributed by atoms with Crippen LogP contribution in [0.2, 0.25) is 0 Å². The summed E-state index contributed by atoms with van der Waals surface area (Å²) in [6.07, 6.45) is 7.42. The molecule has 3 heterocycles. The van der Waals surface area contributed by atoms with Gasteiger partial charge in [-0.05, 0) is 66.8 Å². The van der Waals surface area contributed by atoms with Crippen molar-refractivity contribution in [1.29, 1.82) is 0 Å². The molecule has 208 valence electrons. The highest BCUT2D eigenvalue weighted by atomic mass is 32.2. The molecular formula is C28H34N4O6S. The zero-order valence-electron chi connectivity index (χ0n) is 22.3. The van der Waals surface area contributed by atoms with Crippen LogP contribution >= 0.6 is 0 Å². The Hall–Kier alpha value is -3.18.